The van der Waals surface area contributed by atoms with Crippen LogP contribution in [0.15, 0.2) is 42.5 Å². The lowest BCUT2D eigenvalue weighted by Gasteiger charge is -2.14. The summed E-state index contributed by atoms with van der Waals surface area (Å²) in [4.78, 5) is 26.1. The standard InChI is InChI=1S/C20H17FN4O2/c1-11(8-22)9-25-10-15-13(4-6-17(23)18(15)20(25)27)12-3-5-16(21)14(7-12)19(26)24-2/h3-7H,1,9-10,23H2,2H3,(H,24,26). The number of nitrogens with one attached hydrogen (secondary N) is 1. The van der Waals surface area contributed by atoms with Gasteiger partial charge in [-0.15, -0.1) is 0 Å². The van der Waals surface area contributed by atoms with Crippen molar-refractivity contribution in [2.24, 2.45) is 0 Å². The van der Waals surface area contributed by atoms with Gasteiger partial charge >= 0.3 is 0 Å². The Labute approximate surface area is 155 Å². The fourth-order valence-corrected chi connectivity index (χ4v) is 3.17. The van der Waals surface area contributed by atoms with Gasteiger partial charge in [0.25, 0.3) is 11.8 Å². The Morgan fingerprint density at radius 2 is 2.15 bits per heavy atom. The molecule has 2 amide bonds. The minimum Gasteiger partial charge on any atom is -0.398 e. The Balaban J connectivity index is 2.09. The maximum atomic E-state index is 14.0. The van der Waals surface area contributed by atoms with E-state index < -0.39 is 11.7 Å². The molecule has 136 valence electrons. The van der Waals surface area contributed by atoms with Crippen LogP contribution in [0, 0.1) is 17.1 Å². The highest BCUT2D eigenvalue weighted by Gasteiger charge is 2.32. The zero-order chi connectivity index (χ0) is 19.7. The molecule has 7 heteroatoms. The van der Waals surface area contributed by atoms with Gasteiger partial charge in [0, 0.05) is 24.9 Å². The Morgan fingerprint density at radius 3 is 2.81 bits per heavy atom. The summed E-state index contributed by atoms with van der Waals surface area (Å²) in [5.41, 5.74) is 8.84. The molecule has 0 unspecified atom stereocenters. The van der Waals surface area contributed by atoms with Gasteiger partial charge in [-0.25, -0.2) is 4.39 Å². The second-order valence-electron chi connectivity index (χ2n) is 6.21. The van der Waals surface area contributed by atoms with Gasteiger partial charge in [-0.3, -0.25) is 9.59 Å². The maximum Gasteiger partial charge on any atom is 0.256 e. The zero-order valence-corrected chi connectivity index (χ0v) is 14.7. The minimum absolute atomic E-state index is 0.0837. The van der Waals surface area contributed by atoms with Crippen molar-refractivity contribution in [3.63, 3.8) is 0 Å². The minimum atomic E-state index is -0.631. The third-order valence-electron chi connectivity index (χ3n) is 4.48. The molecular weight excluding hydrogens is 347 g/mol. The van der Waals surface area contributed by atoms with Crippen LogP contribution in [0.3, 0.4) is 0 Å². The molecule has 0 aliphatic carbocycles. The third-order valence-corrected chi connectivity index (χ3v) is 4.48. The van der Waals surface area contributed by atoms with Crippen molar-refractivity contribution in [1.82, 2.24) is 10.2 Å². The number of nitriles is 1. The van der Waals surface area contributed by atoms with Crippen molar-refractivity contribution in [3.05, 3.63) is 65.0 Å². The molecule has 2 aromatic rings. The van der Waals surface area contributed by atoms with E-state index in [-0.39, 0.29) is 30.1 Å². The molecule has 1 aliphatic heterocycles. The molecule has 1 aliphatic rings. The molecule has 0 aromatic heterocycles. The number of hydrogen-bond donors (Lipinski definition) is 2. The van der Waals surface area contributed by atoms with Crippen molar-refractivity contribution in [3.8, 4) is 17.2 Å². The number of anilines is 1. The Morgan fingerprint density at radius 1 is 1.41 bits per heavy atom. The van der Waals surface area contributed by atoms with Gasteiger partial charge in [-0.2, -0.15) is 5.26 Å². The van der Waals surface area contributed by atoms with Gasteiger partial charge in [-0.1, -0.05) is 18.7 Å². The number of nitrogens with zero attached hydrogens (tertiary/aromatic N) is 2. The predicted molar refractivity (Wildman–Crippen MR) is 99.1 cm³/mol. The molecule has 0 radical (unpaired) electrons. The number of carbonyl (C=O) groups excluding carboxylic acids is 2. The lowest BCUT2D eigenvalue weighted by Crippen LogP contribution is -2.26. The molecule has 3 rings (SSSR count). The van der Waals surface area contributed by atoms with Crippen LogP contribution in [0.5, 0.6) is 0 Å². The van der Waals surface area contributed by atoms with Crippen LogP contribution in [-0.4, -0.2) is 30.3 Å². The Kier molecular flexibility index (Phi) is 4.65. The van der Waals surface area contributed by atoms with Gasteiger partial charge in [0.1, 0.15) is 5.82 Å². The summed E-state index contributed by atoms with van der Waals surface area (Å²) in [5, 5.41) is 11.3. The summed E-state index contributed by atoms with van der Waals surface area (Å²) >= 11 is 0. The summed E-state index contributed by atoms with van der Waals surface area (Å²) < 4.78 is 14.0. The van der Waals surface area contributed by atoms with Crippen LogP contribution >= 0.6 is 0 Å². The molecule has 0 saturated heterocycles. The summed E-state index contributed by atoms with van der Waals surface area (Å²) in [6.45, 7) is 3.97. The monoisotopic (exact) mass is 364 g/mol. The fourth-order valence-electron chi connectivity index (χ4n) is 3.17. The molecule has 1 heterocycles. The smallest absolute Gasteiger partial charge is 0.256 e. The molecule has 0 bridgehead atoms. The van der Waals surface area contributed by atoms with Crippen LogP contribution in [-0.2, 0) is 6.54 Å². The number of halogens is 1. The average molecular weight is 364 g/mol. The largest absolute Gasteiger partial charge is 0.398 e. The lowest BCUT2D eigenvalue weighted by atomic mass is 9.94. The van der Waals surface area contributed by atoms with Crippen LogP contribution in [0.1, 0.15) is 26.3 Å². The van der Waals surface area contributed by atoms with E-state index >= 15 is 0 Å². The van der Waals surface area contributed by atoms with E-state index in [1.807, 2.05) is 6.07 Å². The molecule has 0 saturated carbocycles. The second kappa shape index (κ2) is 6.92. The number of nitrogens with two attached hydrogens (primary N) is 1. The molecule has 6 nitrogen and oxygen atoms in total. The van der Waals surface area contributed by atoms with Crippen molar-refractivity contribution < 1.29 is 14.0 Å². The first-order valence-corrected chi connectivity index (χ1v) is 8.17. The van der Waals surface area contributed by atoms with Crippen LogP contribution < -0.4 is 11.1 Å². The van der Waals surface area contributed by atoms with Crippen molar-refractivity contribution in [2.45, 2.75) is 6.54 Å². The normalized spacial score (nSPS) is 12.5. The number of hydrogen-bond acceptors (Lipinski definition) is 4. The van der Waals surface area contributed by atoms with Crippen LogP contribution in [0.25, 0.3) is 11.1 Å². The first-order valence-electron chi connectivity index (χ1n) is 8.17. The summed E-state index contributed by atoms with van der Waals surface area (Å²) in [5.74, 6) is -1.45. The van der Waals surface area contributed by atoms with Gasteiger partial charge in [0.2, 0.25) is 0 Å². The number of amides is 2. The molecular formula is C20H17FN4O2. The van der Waals surface area contributed by atoms with Gasteiger partial charge in [0.15, 0.2) is 0 Å². The zero-order valence-electron chi connectivity index (χ0n) is 14.7. The number of fused-ring (bicyclic) bond motifs is 1. The first kappa shape index (κ1) is 18.1. The van der Waals surface area contributed by atoms with Crippen molar-refractivity contribution >= 4 is 17.5 Å². The van der Waals surface area contributed by atoms with E-state index in [0.29, 0.717) is 27.9 Å². The lowest BCUT2D eigenvalue weighted by molar-refractivity contribution is 0.0794. The average Bonchev–Trinajstić information content (AvgIpc) is 2.99. The summed E-state index contributed by atoms with van der Waals surface area (Å²) in [6.07, 6.45) is 0. The predicted octanol–water partition coefficient (Wildman–Crippen LogP) is 2.47. The van der Waals surface area contributed by atoms with Crippen LogP contribution in [0.2, 0.25) is 0 Å². The molecule has 2 aromatic carbocycles. The summed E-state index contributed by atoms with van der Waals surface area (Å²) in [7, 11) is 1.42. The highest BCUT2D eigenvalue weighted by atomic mass is 19.1. The quantitative estimate of drug-likeness (QED) is 0.643. The van der Waals surface area contributed by atoms with E-state index in [1.54, 1.807) is 18.2 Å². The van der Waals surface area contributed by atoms with Gasteiger partial charge in [0.05, 0.1) is 23.7 Å². The second-order valence-corrected chi connectivity index (χ2v) is 6.21. The number of carbonyl (C=O) groups is 2. The van der Waals surface area contributed by atoms with E-state index in [1.165, 1.54) is 24.1 Å². The van der Waals surface area contributed by atoms with Crippen molar-refractivity contribution in [2.75, 3.05) is 19.3 Å². The Bertz CT molecular complexity index is 1020. The summed E-state index contributed by atoms with van der Waals surface area (Å²) in [6, 6.07) is 9.49. The number of benzene rings is 2. The maximum absolute atomic E-state index is 14.0. The molecule has 0 spiro atoms. The molecule has 0 atom stereocenters. The molecule has 0 fully saturated rings. The number of nitrogen functional groups attached to an aromatic ring is 1. The van der Waals surface area contributed by atoms with Gasteiger partial charge < -0.3 is 16.0 Å². The fraction of sp³-hybridized carbons (Fsp3) is 0.150. The van der Waals surface area contributed by atoms with E-state index in [0.717, 1.165) is 0 Å². The third kappa shape index (κ3) is 3.13. The topological polar surface area (TPSA) is 99.2 Å². The van der Waals surface area contributed by atoms with E-state index in [4.69, 9.17) is 11.0 Å². The first-order chi connectivity index (χ1) is 12.9. The highest BCUT2D eigenvalue weighted by Crippen LogP contribution is 2.36. The van der Waals surface area contributed by atoms with E-state index in [9.17, 15) is 14.0 Å². The molecule has 3 N–H and O–H groups in total. The SMILES string of the molecule is C=C(C#N)CN1Cc2c(-c3ccc(F)c(C(=O)NC)c3)ccc(N)c2C1=O. The van der Waals surface area contributed by atoms with Crippen molar-refractivity contribution in [1.29, 1.82) is 5.26 Å². The number of rotatable bonds is 4. The van der Waals surface area contributed by atoms with E-state index in [2.05, 4.69) is 11.9 Å². The highest BCUT2D eigenvalue weighted by molar-refractivity contribution is 6.05. The van der Waals surface area contributed by atoms with Gasteiger partial charge in [-0.05, 0) is 34.9 Å². The molecule has 27 heavy (non-hydrogen) atoms. The van der Waals surface area contributed by atoms with Crippen LogP contribution in [0.4, 0.5) is 10.1 Å². The Hall–Kier alpha value is -3.66.